The van der Waals surface area contributed by atoms with E-state index in [1.54, 1.807) is 31.4 Å². The predicted molar refractivity (Wildman–Crippen MR) is 108 cm³/mol. The monoisotopic (exact) mass is 381 g/mol. The summed E-state index contributed by atoms with van der Waals surface area (Å²) in [6.07, 6.45) is 0.973. The van der Waals surface area contributed by atoms with Crippen molar-refractivity contribution >= 4 is 11.8 Å². The molecule has 2 aromatic carbocycles. The summed E-state index contributed by atoms with van der Waals surface area (Å²) >= 11 is 0. The predicted octanol–water partition coefficient (Wildman–Crippen LogP) is 2.23. The molecule has 1 saturated heterocycles. The van der Waals surface area contributed by atoms with E-state index in [2.05, 4.69) is 10.6 Å². The van der Waals surface area contributed by atoms with Crippen molar-refractivity contribution in [1.29, 1.82) is 0 Å². The van der Waals surface area contributed by atoms with Crippen molar-refractivity contribution < 1.29 is 14.3 Å². The first kappa shape index (κ1) is 19.9. The standard InChI is InChI=1S/C22H27N3O3/c1-23-14-16-12-13-25(15-16)22(27)20(17-6-4-3-5-7-17)24-21(26)18-8-10-19(28-2)11-9-18/h3-11,16,20,23H,12-15H2,1-2H3,(H,24,26). The molecule has 1 heterocycles. The summed E-state index contributed by atoms with van der Waals surface area (Å²) in [7, 11) is 3.50. The number of benzene rings is 2. The van der Waals surface area contributed by atoms with Crippen LogP contribution in [-0.4, -0.2) is 50.5 Å². The van der Waals surface area contributed by atoms with Crippen molar-refractivity contribution in [2.75, 3.05) is 33.8 Å². The van der Waals surface area contributed by atoms with Gasteiger partial charge in [0.1, 0.15) is 11.8 Å². The lowest BCUT2D eigenvalue weighted by molar-refractivity contribution is -0.132. The minimum atomic E-state index is -0.705. The summed E-state index contributed by atoms with van der Waals surface area (Å²) in [6.45, 7) is 2.31. The summed E-state index contributed by atoms with van der Waals surface area (Å²) in [5.74, 6) is 0.782. The van der Waals surface area contributed by atoms with Gasteiger partial charge in [-0.25, -0.2) is 0 Å². The molecule has 1 aliphatic rings. The Kier molecular flexibility index (Phi) is 6.66. The highest BCUT2D eigenvalue weighted by Gasteiger charge is 2.32. The van der Waals surface area contributed by atoms with Gasteiger partial charge >= 0.3 is 0 Å². The molecule has 0 radical (unpaired) electrons. The van der Waals surface area contributed by atoms with Crippen molar-refractivity contribution in [2.24, 2.45) is 5.92 Å². The zero-order chi connectivity index (χ0) is 19.9. The Labute approximate surface area is 165 Å². The number of methoxy groups -OCH3 is 1. The van der Waals surface area contributed by atoms with Gasteiger partial charge in [0.05, 0.1) is 7.11 Å². The second-order valence-electron chi connectivity index (χ2n) is 7.04. The van der Waals surface area contributed by atoms with Crippen LogP contribution < -0.4 is 15.4 Å². The minimum absolute atomic E-state index is 0.0633. The molecule has 0 aromatic heterocycles. The van der Waals surface area contributed by atoms with Crippen LogP contribution in [0.4, 0.5) is 0 Å². The van der Waals surface area contributed by atoms with Gasteiger partial charge < -0.3 is 20.3 Å². The molecule has 28 heavy (non-hydrogen) atoms. The van der Waals surface area contributed by atoms with Gasteiger partial charge in [0.2, 0.25) is 5.91 Å². The normalized spacial score (nSPS) is 17.2. The molecule has 2 aromatic rings. The zero-order valence-corrected chi connectivity index (χ0v) is 16.4. The minimum Gasteiger partial charge on any atom is -0.497 e. The fourth-order valence-electron chi connectivity index (χ4n) is 3.56. The Balaban J connectivity index is 1.77. The van der Waals surface area contributed by atoms with Crippen LogP contribution in [0.5, 0.6) is 5.75 Å². The Morgan fingerprint density at radius 2 is 1.86 bits per heavy atom. The van der Waals surface area contributed by atoms with Crippen LogP contribution in [0.25, 0.3) is 0 Å². The topological polar surface area (TPSA) is 70.7 Å². The highest BCUT2D eigenvalue weighted by Crippen LogP contribution is 2.23. The van der Waals surface area contributed by atoms with E-state index in [1.165, 1.54) is 0 Å². The number of amides is 2. The van der Waals surface area contributed by atoms with E-state index in [0.717, 1.165) is 18.5 Å². The third-order valence-corrected chi connectivity index (χ3v) is 5.10. The lowest BCUT2D eigenvalue weighted by Crippen LogP contribution is -2.42. The number of ether oxygens (including phenoxy) is 1. The second-order valence-corrected chi connectivity index (χ2v) is 7.04. The van der Waals surface area contributed by atoms with Crippen molar-refractivity contribution in [3.8, 4) is 5.75 Å². The van der Waals surface area contributed by atoms with Crippen LogP contribution in [0, 0.1) is 5.92 Å². The molecule has 2 N–H and O–H groups in total. The maximum Gasteiger partial charge on any atom is 0.252 e. The number of hydrogen-bond donors (Lipinski definition) is 2. The molecule has 6 nitrogen and oxygen atoms in total. The van der Waals surface area contributed by atoms with Gasteiger partial charge in [-0.3, -0.25) is 9.59 Å². The molecule has 0 saturated carbocycles. The average Bonchev–Trinajstić information content (AvgIpc) is 3.21. The van der Waals surface area contributed by atoms with Crippen molar-refractivity contribution in [3.05, 3.63) is 65.7 Å². The molecule has 2 unspecified atom stereocenters. The van der Waals surface area contributed by atoms with E-state index in [4.69, 9.17) is 4.74 Å². The largest absolute Gasteiger partial charge is 0.497 e. The number of nitrogens with one attached hydrogen (secondary N) is 2. The van der Waals surface area contributed by atoms with Gasteiger partial charge in [-0.05, 0) is 55.8 Å². The van der Waals surface area contributed by atoms with E-state index in [-0.39, 0.29) is 11.8 Å². The molecule has 2 atom stereocenters. The average molecular weight is 381 g/mol. The summed E-state index contributed by atoms with van der Waals surface area (Å²) in [6, 6.07) is 15.5. The number of nitrogens with zero attached hydrogens (tertiary/aromatic N) is 1. The number of hydrogen-bond acceptors (Lipinski definition) is 4. The third-order valence-electron chi connectivity index (χ3n) is 5.10. The van der Waals surface area contributed by atoms with Gasteiger partial charge in [-0.1, -0.05) is 30.3 Å². The maximum absolute atomic E-state index is 13.2. The van der Waals surface area contributed by atoms with Gasteiger partial charge in [0.15, 0.2) is 0 Å². The van der Waals surface area contributed by atoms with Crippen molar-refractivity contribution in [1.82, 2.24) is 15.5 Å². The fraction of sp³-hybridized carbons (Fsp3) is 0.364. The summed E-state index contributed by atoms with van der Waals surface area (Å²) in [5, 5.41) is 6.10. The van der Waals surface area contributed by atoms with Gasteiger partial charge in [-0.2, -0.15) is 0 Å². The second kappa shape index (κ2) is 9.37. The van der Waals surface area contributed by atoms with E-state index >= 15 is 0 Å². The summed E-state index contributed by atoms with van der Waals surface area (Å²) in [4.78, 5) is 27.9. The van der Waals surface area contributed by atoms with Gasteiger partial charge in [0, 0.05) is 18.7 Å². The quantitative estimate of drug-likeness (QED) is 0.772. The van der Waals surface area contributed by atoms with E-state index in [9.17, 15) is 9.59 Å². The number of carbonyl (C=O) groups excluding carboxylic acids is 2. The van der Waals surface area contributed by atoms with E-state index < -0.39 is 6.04 Å². The highest BCUT2D eigenvalue weighted by molar-refractivity contribution is 5.98. The zero-order valence-electron chi connectivity index (χ0n) is 16.4. The summed E-state index contributed by atoms with van der Waals surface area (Å²) in [5.41, 5.74) is 1.27. The Morgan fingerprint density at radius 3 is 2.50 bits per heavy atom. The molecule has 0 aliphatic carbocycles. The van der Waals surface area contributed by atoms with E-state index in [1.807, 2.05) is 42.3 Å². The molecule has 1 fully saturated rings. The lowest BCUT2D eigenvalue weighted by Gasteiger charge is -2.25. The number of likely N-dealkylation sites (tertiary alicyclic amines) is 1. The molecular weight excluding hydrogens is 354 g/mol. The first-order chi connectivity index (χ1) is 13.6. The molecule has 1 aliphatic heterocycles. The number of rotatable bonds is 7. The maximum atomic E-state index is 13.2. The first-order valence-corrected chi connectivity index (χ1v) is 9.55. The van der Waals surface area contributed by atoms with Crippen LogP contribution in [0.15, 0.2) is 54.6 Å². The van der Waals surface area contributed by atoms with E-state index in [0.29, 0.717) is 30.3 Å². The molecule has 2 amide bonds. The highest BCUT2D eigenvalue weighted by atomic mass is 16.5. The molecule has 148 valence electrons. The third kappa shape index (κ3) is 4.70. The van der Waals surface area contributed by atoms with Crippen molar-refractivity contribution in [2.45, 2.75) is 12.5 Å². The van der Waals surface area contributed by atoms with Gasteiger partial charge in [0.25, 0.3) is 5.91 Å². The van der Waals surface area contributed by atoms with Crippen LogP contribution in [-0.2, 0) is 4.79 Å². The smallest absolute Gasteiger partial charge is 0.252 e. The van der Waals surface area contributed by atoms with Crippen molar-refractivity contribution in [3.63, 3.8) is 0 Å². The molecule has 0 spiro atoms. The van der Waals surface area contributed by atoms with Crippen LogP contribution in [0.2, 0.25) is 0 Å². The molecule has 0 bridgehead atoms. The van der Waals surface area contributed by atoms with Crippen LogP contribution in [0.3, 0.4) is 0 Å². The molecule has 3 rings (SSSR count). The summed E-state index contributed by atoms with van der Waals surface area (Å²) < 4.78 is 5.14. The molecular formula is C22H27N3O3. The first-order valence-electron chi connectivity index (χ1n) is 9.55. The number of carbonyl (C=O) groups is 2. The van der Waals surface area contributed by atoms with Gasteiger partial charge in [-0.15, -0.1) is 0 Å². The lowest BCUT2D eigenvalue weighted by atomic mass is 10.0. The molecule has 6 heteroatoms. The van der Waals surface area contributed by atoms with Crippen LogP contribution in [0.1, 0.15) is 28.4 Å². The SMILES string of the molecule is CNCC1CCN(C(=O)C(NC(=O)c2ccc(OC)cc2)c2ccccc2)C1. The fourth-order valence-corrected chi connectivity index (χ4v) is 3.56. The Hall–Kier alpha value is -2.86. The Morgan fingerprint density at radius 1 is 1.14 bits per heavy atom. The Bertz CT molecular complexity index is 792. The van der Waals surface area contributed by atoms with Crippen LogP contribution >= 0.6 is 0 Å².